The smallest absolute Gasteiger partial charge is 0.253 e. The average molecular weight is 350 g/mol. The third-order valence-electron chi connectivity index (χ3n) is 4.05. The molecule has 3 rings (SSSR count). The molecule has 0 bridgehead atoms. The van der Waals surface area contributed by atoms with Crippen molar-refractivity contribution in [3.8, 4) is 11.4 Å². The van der Waals surface area contributed by atoms with Crippen LogP contribution in [0.25, 0.3) is 11.4 Å². The number of rotatable bonds is 5. The number of carbonyl (C=O) groups is 1. The summed E-state index contributed by atoms with van der Waals surface area (Å²) in [6, 6.07) is 9.25. The number of anilines is 1. The van der Waals surface area contributed by atoms with Gasteiger partial charge in [-0.25, -0.2) is 9.97 Å². The average Bonchev–Trinajstić information content (AvgIpc) is 3.14. The first kappa shape index (κ1) is 17.6. The van der Waals surface area contributed by atoms with Crippen LogP contribution in [0.4, 0.5) is 5.82 Å². The van der Waals surface area contributed by atoms with E-state index < -0.39 is 0 Å². The first-order chi connectivity index (χ1) is 12.5. The number of hydrogen-bond donors (Lipinski definition) is 1. The normalized spacial score (nSPS) is 10.6. The number of hydrogen-bond acceptors (Lipinski definition) is 5. The Labute approximate surface area is 152 Å². The molecule has 26 heavy (non-hydrogen) atoms. The van der Waals surface area contributed by atoms with Crippen molar-refractivity contribution in [1.82, 2.24) is 25.1 Å². The maximum absolute atomic E-state index is 12.7. The lowest BCUT2D eigenvalue weighted by atomic mass is 10.1. The molecule has 7 heteroatoms. The van der Waals surface area contributed by atoms with E-state index in [1.165, 1.54) is 0 Å². The lowest BCUT2D eigenvalue weighted by Gasteiger charge is -2.17. The van der Waals surface area contributed by atoms with Gasteiger partial charge >= 0.3 is 0 Å². The minimum Gasteiger partial charge on any atom is -0.362 e. The Hall–Kier alpha value is -3.22. The molecule has 0 aliphatic heterocycles. The summed E-state index contributed by atoms with van der Waals surface area (Å²) in [4.78, 5) is 25.4. The van der Waals surface area contributed by atoms with Gasteiger partial charge < -0.3 is 9.80 Å². The summed E-state index contributed by atoms with van der Waals surface area (Å²) < 4.78 is 0. The highest BCUT2D eigenvalue weighted by molar-refractivity contribution is 5.95. The highest BCUT2D eigenvalue weighted by Gasteiger charge is 2.15. The molecular weight excluding hydrogens is 328 g/mol. The van der Waals surface area contributed by atoms with E-state index in [4.69, 9.17) is 0 Å². The van der Waals surface area contributed by atoms with Crippen molar-refractivity contribution in [3.05, 3.63) is 59.5 Å². The monoisotopic (exact) mass is 350 g/mol. The molecule has 0 spiro atoms. The molecule has 0 unspecified atom stereocenters. The van der Waals surface area contributed by atoms with E-state index in [2.05, 4.69) is 20.2 Å². The van der Waals surface area contributed by atoms with Gasteiger partial charge in [-0.2, -0.15) is 5.10 Å². The molecule has 1 amide bonds. The topological polar surface area (TPSA) is 78.0 Å². The number of H-pyrrole nitrogens is 1. The summed E-state index contributed by atoms with van der Waals surface area (Å²) in [7, 11) is 5.66. The van der Waals surface area contributed by atoms with Gasteiger partial charge in [0.1, 0.15) is 5.82 Å². The summed E-state index contributed by atoms with van der Waals surface area (Å²) >= 11 is 0. The fourth-order valence-electron chi connectivity index (χ4n) is 2.74. The molecule has 134 valence electrons. The number of aromatic nitrogens is 4. The maximum atomic E-state index is 12.7. The fourth-order valence-corrected chi connectivity index (χ4v) is 2.74. The van der Waals surface area contributed by atoms with Crippen LogP contribution in [0.15, 0.2) is 42.7 Å². The van der Waals surface area contributed by atoms with Gasteiger partial charge in [0.05, 0.1) is 12.2 Å². The third-order valence-corrected chi connectivity index (χ3v) is 4.05. The second-order valence-corrected chi connectivity index (χ2v) is 6.42. The predicted octanol–water partition coefficient (Wildman–Crippen LogP) is 2.51. The van der Waals surface area contributed by atoms with Crippen LogP contribution in [0.3, 0.4) is 0 Å². The van der Waals surface area contributed by atoms with Crippen molar-refractivity contribution in [2.24, 2.45) is 0 Å². The number of carbonyl (C=O) groups excluding carboxylic acids is 1. The number of aromatic amines is 1. The van der Waals surface area contributed by atoms with E-state index in [0.29, 0.717) is 17.9 Å². The summed E-state index contributed by atoms with van der Waals surface area (Å²) in [6.45, 7) is 2.44. The van der Waals surface area contributed by atoms with Gasteiger partial charge in [-0.1, -0.05) is 12.1 Å². The van der Waals surface area contributed by atoms with E-state index in [0.717, 1.165) is 22.6 Å². The molecule has 3 aromatic rings. The van der Waals surface area contributed by atoms with Crippen LogP contribution in [0.5, 0.6) is 0 Å². The molecule has 2 aromatic heterocycles. The summed E-state index contributed by atoms with van der Waals surface area (Å²) in [6.07, 6.45) is 3.47. The third kappa shape index (κ3) is 3.72. The van der Waals surface area contributed by atoms with Crippen LogP contribution in [0.1, 0.15) is 21.6 Å². The highest BCUT2D eigenvalue weighted by Crippen LogP contribution is 2.22. The van der Waals surface area contributed by atoms with Crippen LogP contribution < -0.4 is 4.90 Å². The number of nitrogens with one attached hydrogen (secondary N) is 1. The van der Waals surface area contributed by atoms with Crippen molar-refractivity contribution < 1.29 is 4.79 Å². The van der Waals surface area contributed by atoms with E-state index in [9.17, 15) is 4.79 Å². The molecule has 1 aromatic carbocycles. The van der Waals surface area contributed by atoms with Crippen molar-refractivity contribution in [3.63, 3.8) is 0 Å². The first-order valence-electron chi connectivity index (χ1n) is 8.31. The predicted molar refractivity (Wildman–Crippen MR) is 101 cm³/mol. The summed E-state index contributed by atoms with van der Waals surface area (Å²) in [5, 5.41) is 6.77. The SMILES string of the molecule is Cc1cnc(-c2cccc(C(=O)N(C)Cc3ccn[nH]3)c2)nc1N(C)C. The van der Waals surface area contributed by atoms with Crippen molar-refractivity contribution in [2.45, 2.75) is 13.5 Å². The van der Waals surface area contributed by atoms with Crippen LogP contribution in [-0.4, -0.2) is 52.1 Å². The molecule has 0 fully saturated rings. The second-order valence-electron chi connectivity index (χ2n) is 6.42. The van der Waals surface area contributed by atoms with Crippen LogP contribution >= 0.6 is 0 Å². The minimum absolute atomic E-state index is 0.0682. The molecule has 7 nitrogen and oxygen atoms in total. The number of nitrogens with zero attached hydrogens (tertiary/aromatic N) is 5. The Morgan fingerprint density at radius 3 is 2.69 bits per heavy atom. The Kier molecular flexibility index (Phi) is 4.97. The molecule has 0 saturated heterocycles. The van der Waals surface area contributed by atoms with Gasteiger partial charge in [0.2, 0.25) is 0 Å². The van der Waals surface area contributed by atoms with Crippen LogP contribution in [0, 0.1) is 6.92 Å². The molecule has 0 radical (unpaired) electrons. The molecule has 0 aliphatic rings. The molecule has 0 saturated carbocycles. The zero-order valence-corrected chi connectivity index (χ0v) is 15.4. The van der Waals surface area contributed by atoms with Gasteiger partial charge in [0.15, 0.2) is 5.82 Å². The standard InChI is InChI=1S/C19H22N6O/c1-13-11-20-17(22-18(13)24(2)3)14-6-5-7-15(10-14)19(26)25(4)12-16-8-9-21-23-16/h5-11H,12H2,1-4H3,(H,21,23). The Morgan fingerprint density at radius 2 is 2.00 bits per heavy atom. The summed E-state index contributed by atoms with van der Waals surface area (Å²) in [5.74, 6) is 1.40. The number of benzene rings is 1. The Morgan fingerprint density at radius 1 is 1.19 bits per heavy atom. The Balaban J connectivity index is 1.86. The minimum atomic E-state index is -0.0682. The van der Waals surface area contributed by atoms with E-state index in [1.807, 2.05) is 50.2 Å². The van der Waals surface area contributed by atoms with E-state index in [-0.39, 0.29) is 5.91 Å². The lowest BCUT2D eigenvalue weighted by Crippen LogP contribution is -2.26. The second kappa shape index (κ2) is 7.35. The highest BCUT2D eigenvalue weighted by atomic mass is 16.2. The van der Waals surface area contributed by atoms with Gasteiger partial charge in [0.25, 0.3) is 5.91 Å². The zero-order valence-electron chi connectivity index (χ0n) is 15.4. The van der Waals surface area contributed by atoms with Gasteiger partial charge in [-0.3, -0.25) is 9.89 Å². The summed E-state index contributed by atoms with van der Waals surface area (Å²) in [5.41, 5.74) is 3.30. The molecule has 1 N–H and O–H groups in total. The quantitative estimate of drug-likeness (QED) is 0.765. The van der Waals surface area contributed by atoms with Crippen molar-refractivity contribution in [1.29, 1.82) is 0 Å². The van der Waals surface area contributed by atoms with Gasteiger partial charge in [-0.05, 0) is 25.1 Å². The largest absolute Gasteiger partial charge is 0.362 e. The van der Waals surface area contributed by atoms with Crippen LogP contribution in [0.2, 0.25) is 0 Å². The molecule has 0 atom stereocenters. The number of aryl methyl sites for hydroxylation is 1. The molecular formula is C19H22N6O. The fraction of sp³-hybridized carbons (Fsp3) is 0.263. The lowest BCUT2D eigenvalue weighted by molar-refractivity contribution is 0.0783. The van der Waals surface area contributed by atoms with Crippen LogP contribution in [-0.2, 0) is 6.54 Å². The molecule has 0 aliphatic carbocycles. The zero-order chi connectivity index (χ0) is 18.7. The van der Waals surface area contributed by atoms with Crippen molar-refractivity contribution in [2.75, 3.05) is 26.0 Å². The van der Waals surface area contributed by atoms with E-state index in [1.54, 1.807) is 30.4 Å². The van der Waals surface area contributed by atoms with Gasteiger partial charge in [0, 0.05) is 50.2 Å². The van der Waals surface area contributed by atoms with Crippen molar-refractivity contribution >= 4 is 11.7 Å². The van der Waals surface area contributed by atoms with E-state index >= 15 is 0 Å². The Bertz CT molecular complexity index is 904. The molecule has 2 heterocycles. The first-order valence-corrected chi connectivity index (χ1v) is 8.31. The number of amides is 1. The van der Waals surface area contributed by atoms with Gasteiger partial charge in [-0.15, -0.1) is 0 Å². The maximum Gasteiger partial charge on any atom is 0.253 e.